The van der Waals surface area contributed by atoms with Gasteiger partial charge in [0.1, 0.15) is 0 Å². The fourth-order valence-corrected chi connectivity index (χ4v) is 0.740. The molecule has 49 valence electrons. The van der Waals surface area contributed by atoms with Gasteiger partial charge >= 0.3 is 0 Å². The number of rotatable bonds is 3. The fourth-order valence-electron chi connectivity index (χ4n) is 0.740. The summed E-state index contributed by atoms with van der Waals surface area (Å²) >= 11 is 0. The average Bonchev–Trinajstić information content (AvgIpc) is 1.67. The van der Waals surface area contributed by atoms with Crippen LogP contribution in [-0.2, 0) is 0 Å². The lowest BCUT2D eigenvalue weighted by Gasteiger charge is -2.12. The SMILES string of the molecule is [CH2]C(C)C(C)CCC. The first-order chi connectivity index (χ1) is 3.68. The van der Waals surface area contributed by atoms with Crippen LogP contribution in [0.4, 0.5) is 0 Å². The maximum atomic E-state index is 3.96. The summed E-state index contributed by atoms with van der Waals surface area (Å²) < 4.78 is 0. The highest BCUT2D eigenvalue weighted by atomic mass is 14.1. The van der Waals surface area contributed by atoms with Crippen LogP contribution in [0.15, 0.2) is 0 Å². The number of hydrogen-bond acceptors (Lipinski definition) is 0. The smallest absolute Gasteiger partial charge is 0.0417 e. The van der Waals surface area contributed by atoms with E-state index in [-0.39, 0.29) is 0 Å². The largest absolute Gasteiger partial charge is 0.0654 e. The van der Waals surface area contributed by atoms with Crippen molar-refractivity contribution in [2.45, 2.75) is 33.6 Å². The highest BCUT2D eigenvalue weighted by Gasteiger charge is 2.03. The molecule has 0 bridgehead atoms. The van der Waals surface area contributed by atoms with Crippen LogP contribution in [0.25, 0.3) is 0 Å². The first-order valence-corrected chi connectivity index (χ1v) is 3.51. The summed E-state index contributed by atoms with van der Waals surface area (Å²) in [5, 5.41) is 0. The summed E-state index contributed by atoms with van der Waals surface area (Å²) in [4.78, 5) is 0. The van der Waals surface area contributed by atoms with Crippen LogP contribution < -0.4 is 0 Å². The standard InChI is InChI=1S/C8H17/c1-5-6-8(4)7(2)3/h7-8H,2,5-6H2,1,3-4H3. The van der Waals surface area contributed by atoms with Crippen molar-refractivity contribution in [2.24, 2.45) is 11.8 Å². The molecule has 0 heterocycles. The maximum Gasteiger partial charge on any atom is -0.0417 e. The lowest BCUT2D eigenvalue weighted by Crippen LogP contribution is -2.02. The zero-order valence-corrected chi connectivity index (χ0v) is 6.28. The van der Waals surface area contributed by atoms with Crippen LogP contribution in [0.2, 0.25) is 0 Å². The molecule has 0 spiro atoms. The topological polar surface area (TPSA) is 0 Å². The van der Waals surface area contributed by atoms with Crippen LogP contribution in [0.3, 0.4) is 0 Å². The highest BCUT2D eigenvalue weighted by Crippen LogP contribution is 2.14. The lowest BCUT2D eigenvalue weighted by atomic mass is 9.94. The molecule has 0 fully saturated rings. The van der Waals surface area contributed by atoms with E-state index in [1.807, 2.05) is 0 Å². The Labute approximate surface area is 53.3 Å². The van der Waals surface area contributed by atoms with Crippen molar-refractivity contribution < 1.29 is 0 Å². The molecule has 0 aromatic heterocycles. The van der Waals surface area contributed by atoms with Crippen LogP contribution in [0.1, 0.15) is 33.6 Å². The third-order valence-electron chi connectivity index (χ3n) is 1.72. The quantitative estimate of drug-likeness (QED) is 0.528. The lowest BCUT2D eigenvalue weighted by molar-refractivity contribution is 0.421. The van der Waals surface area contributed by atoms with Gasteiger partial charge < -0.3 is 0 Å². The van der Waals surface area contributed by atoms with E-state index in [0.717, 1.165) is 5.92 Å². The van der Waals surface area contributed by atoms with Gasteiger partial charge in [0.25, 0.3) is 0 Å². The molecule has 0 heteroatoms. The molecule has 0 aromatic carbocycles. The van der Waals surface area contributed by atoms with Gasteiger partial charge in [-0.15, -0.1) is 0 Å². The summed E-state index contributed by atoms with van der Waals surface area (Å²) in [6.07, 6.45) is 2.62. The molecule has 0 aliphatic heterocycles. The van der Waals surface area contributed by atoms with Gasteiger partial charge in [0.05, 0.1) is 0 Å². The summed E-state index contributed by atoms with van der Waals surface area (Å²) in [5.74, 6) is 1.43. The highest BCUT2D eigenvalue weighted by molar-refractivity contribution is 4.61. The molecule has 0 N–H and O–H groups in total. The van der Waals surface area contributed by atoms with E-state index in [1.54, 1.807) is 0 Å². The minimum absolute atomic E-state index is 0.620. The zero-order valence-electron chi connectivity index (χ0n) is 6.28. The Morgan fingerprint density at radius 1 is 1.38 bits per heavy atom. The molecule has 0 saturated carbocycles. The average molecular weight is 113 g/mol. The van der Waals surface area contributed by atoms with Crippen molar-refractivity contribution in [1.29, 1.82) is 0 Å². The monoisotopic (exact) mass is 113 g/mol. The zero-order chi connectivity index (χ0) is 6.57. The first-order valence-electron chi connectivity index (χ1n) is 3.51. The van der Waals surface area contributed by atoms with Crippen molar-refractivity contribution in [3.05, 3.63) is 6.92 Å². The van der Waals surface area contributed by atoms with Crippen LogP contribution in [-0.4, -0.2) is 0 Å². The van der Waals surface area contributed by atoms with Gasteiger partial charge in [0, 0.05) is 0 Å². The minimum Gasteiger partial charge on any atom is -0.0654 e. The summed E-state index contributed by atoms with van der Waals surface area (Å²) in [5.41, 5.74) is 0. The minimum atomic E-state index is 0.620. The van der Waals surface area contributed by atoms with E-state index >= 15 is 0 Å². The Kier molecular flexibility index (Phi) is 3.94. The second kappa shape index (κ2) is 3.94. The molecule has 2 atom stereocenters. The van der Waals surface area contributed by atoms with E-state index in [0.29, 0.717) is 5.92 Å². The molecule has 0 rings (SSSR count). The van der Waals surface area contributed by atoms with Crippen molar-refractivity contribution >= 4 is 0 Å². The molecule has 2 unspecified atom stereocenters. The summed E-state index contributed by atoms with van der Waals surface area (Å²) in [6.45, 7) is 10.6. The van der Waals surface area contributed by atoms with E-state index in [9.17, 15) is 0 Å². The third-order valence-corrected chi connectivity index (χ3v) is 1.72. The van der Waals surface area contributed by atoms with Gasteiger partial charge in [0.2, 0.25) is 0 Å². The Balaban J connectivity index is 3.17. The van der Waals surface area contributed by atoms with Gasteiger partial charge in [-0.05, 0) is 11.8 Å². The molecule has 0 nitrogen and oxygen atoms in total. The van der Waals surface area contributed by atoms with Crippen LogP contribution in [0.5, 0.6) is 0 Å². The van der Waals surface area contributed by atoms with Gasteiger partial charge in [-0.1, -0.05) is 40.5 Å². The molecule has 8 heavy (non-hydrogen) atoms. The molecule has 0 saturated heterocycles. The van der Waals surface area contributed by atoms with Gasteiger partial charge in [-0.25, -0.2) is 0 Å². The first kappa shape index (κ1) is 8.00. The molecule has 1 radical (unpaired) electrons. The second-order valence-corrected chi connectivity index (χ2v) is 2.74. The van der Waals surface area contributed by atoms with Gasteiger partial charge in [-0.2, -0.15) is 0 Å². The molecule has 0 aliphatic rings. The third kappa shape index (κ3) is 3.06. The van der Waals surface area contributed by atoms with Crippen molar-refractivity contribution in [2.75, 3.05) is 0 Å². The predicted octanol–water partition coefficient (Wildman–Crippen LogP) is 2.89. The molecular weight excluding hydrogens is 96.1 g/mol. The predicted molar refractivity (Wildman–Crippen MR) is 38.6 cm³/mol. The normalized spacial score (nSPS) is 14.6. The van der Waals surface area contributed by atoms with E-state index in [1.165, 1.54) is 12.8 Å². The summed E-state index contributed by atoms with van der Waals surface area (Å²) in [7, 11) is 0. The summed E-state index contributed by atoms with van der Waals surface area (Å²) in [6, 6.07) is 0. The Bertz CT molecular complexity index is 46.0. The Morgan fingerprint density at radius 3 is 2.00 bits per heavy atom. The number of hydrogen-bond donors (Lipinski definition) is 0. The van der Waals surface area contributed by atoms with Gasteiger partial charge in [0.15, 0.2) is 0 Å². The molecule has 0 aromatic rings. The van der Waals surface area contributed by atoms with E-state index in [2.05, 4.69) is 27.7 Å². The van der Waals surface area contributed by atoms with Crippen LogP contribution >= 0.6 is 0 Å². The fraction of sp³-hybridized carbons (Fsp3) is 0.875. The molecule has 0 amide bonds. The van der Waals surface area contributed by atoms with E-state index < -0.39 is 0 Å². The Morgan fingerprint density at radius 2 is 1.88 bits per heavy atom. The van der Waals surface area contributed by atoms with E-state index in [4.69, 9.17) is 0 Å². The molecule has 0 aliphatic carbocycles. The van der Waals surface area contributed by atoms with Crippen LogP contribution in [0, 0.1) is 18.8 Å². The van der Waals surface area contributed by atoms with Crippen molar-refractivity contribution in [3.63, 3.8) is 0 Å². The molecular formula is C8H17. The van der Waals surface area contributed by atoms with Crippen molar-refractivity contribution in [3.8, 4) is 0 Å². The van der Waals surface area contributed by atoms with Crippen molar-refractivity contribution in [1.82, 2.24) is 0 Å². The second-order valence-electron chi connectivity index (χ2n) is 2.74. The maximum absolute atomic E-state index is 3.96. The Hall–Kier alpha value is 0. The van der Waals surface area contributed by atoms with Gasteiger partial charge in [-0.3, -0.25) is 0 Å².